The van der Waals surface area contributed by atoms with E-state index in [9.17, 15) is 4.79 Å². The zero-order chi connectivity index (χ0) is 24.0. The third-order valence-electron chi connectivity index (χ3n) is 7.53. The summed E-state index contributed by atoms with van der Waals surface area (Å²) in [6.07, 6.45) is 10.4. The van der Waals surface area contributed by atoms with Crippen molar-refractivity contribution in [3.63, 3.8) is 0 Å². The van der Waals surface area contributed by atoms with Crippen molar-refractivity contribution in [1.29, 1.82) is 0 Å². The molecule has 1 N–H and O–H groups in total. The SMILES string of the molecule is CC(CCCO)C(=O)c1ccc2c(c1)/C(=C/c1ncc(-c3ccc4c(c3)OCO4)cn1)CC21CC1. The van der Waals surface area contributed by atoms with Crippen molar-refractivity contribution in [2.24, 2.45) is 5.92 Å². The Balaban J connectivity index is 1.28. The Kier molecular flexibility index (Phi) is 5.41. The molecule has 178 valence electrons. The fourth-order valence-electron chi connectivity index (χ4n) is 5.31. The van der Waals surface area contributed by atoms with Gasteiger partial charge in [-0.25, -0.2) is 9.97 Å². The minimum Gasteiger partial charge on any atom is -0.454 e. The van der Waals surface area contributed by atoms with Gasteiger partial charge in [-0.2, -0.15) is 0 Å². The molecule has 6 rings (SSSR count). The van der Waals surface area contributed by atoms with E-state index in [4.69, 9.17) is 14.6 Å². The minimum absolute atomic E-state index is 0.101. The van der Waals surface area contributed by atoms with Crippen molar-refractivity contribution in [3.05, 3.63) is 71.3 Å². The number of carbonyl (C=O) groups is 1. The number of aromatic nitrogens is 2. The summed E-state index contributed by atoms with van der Waals surface area (Å²) in [5.74, 6) is 2.20. The van der Waals surface area contributed by atoms with Gasteiger partial charge < -0.3 is 14.6 Å². The molecular weight excluding hydrogens is 440 g/mol. The zero-order valence-electron chi connectivity index (χ0n) is 19.8. The van der Waals surface area contributed by atoms with Gasteiger partial charge in [-0.3, -0.25) is 4.79 Å². The van der Waals surface area contributed by atoms with Crippen LogP contribution in [0.4, 0.5) is 0 Å². The Morgan fingerprint density at radius 1 is 1.09 bits per heavy atom. The number of Topliss-reactive ketones (excluding diaryl/α,β-unsaturated/α-hetero) is 1. The van der Waals surface area contributed by atoms with Crippen LogP contribution in [0, 0.1) is 5.92 Å². The molecule has 0 bridgehead atoms. The van der Waals surface area contributed by atoms with Crippen LogP contribution in [0.1, 0.15) is 66.3 Å². The van der Waals surface area contributed by atoms with E-state index in [1.54, 1.807) is 0 Å². The molecule has 1 saturated carbocycles. The molecule has 2 heterocycles. The summed E-state index contributed by atoms with van der Waals surface area (Å²) in [4.78, 5) is 22.2. The smallest absolute Gasteiger partial charge is 0.231 e. The highest BCUT2D eigenvalue weighted by atomic mass is 16.7. The molecule has 2 aromatic carbocycles. The average Bonchev–Trinajstić information content (AvgIpc) is 3.40. The highest BCUT2D eigenvalue weighted by Crippen LogP contribution is 2.60. The molecular formula is C29H28N2O4. The van der Waals surface area contributed by atoms with Crippen molar-refractivity contribution in [2.45, 2.75) is 44.4 Å². The molecule has 0 radical (unpaired) electrons. The van der Waals surface area contributed by atoms with Gasteiger partial charge in [-0.05, 0) is 78.6 Å². The van der Waals surface area contributed by atoms with E-state index >= 15 is 0 Å². The second-order valence-corrected chi connectivity index (χ2v) is 9.92. The van der Waals surface area contributed by atoms with Gasteiger partial charge in [0.15, 0.2) is 23.1 Å². The molecule has 1 spiro atoms. The highest BCUT2D eigenvalue weighted by Gasteiger charge is 2.50. The van der Waals surface area contributed by atoms with Gasteiger partial charge in [0.25, 0.3) is 0 Å². The summed E-state index contributed by atoms with van der Waals surface area (Å²) < 4.78 is 10.9. The van der Waals surface area contributed by atoms with Gasteiger partial charge in [0, 0.05) is 41.5 Å². The maximum atomic E-state index is 13.0. The van der Waals surface area contributed by atoms with E-state index in [2.05, 4.69) is 28.2 Å². The molecule has 1 aromatic heterocycles. The van der Waals surface area contributed by atoms with Crippen molar-refractivity contribution in [3.8, 4) is 22.6 Å². The topological polar surface area (TPSA) is 81.5 Å². The second-order valence-electron chi connectivity index (χ2n) is 9.92. The number of nitrogens with zero attached hydrogens (tertiary/aromatic N) is 2. The number of fused-ring (bicyclic) bond motifs is 3. The molecule has 1 aliphatic heterocycles. The first-order valence-electron chi connectivity index (χ1n) is 12.3. The number of rotatable bonds is 7. The summed E-state index contributed by atoms with van der Waals surface area (Å²) in [6.45, 7) is 2.31. The normalized spacial score (nSPS) is 18.6. The van der Waals surface area contributed by atoms with Gasteiger partial charge >= 0.3 is 0 Å². The summed E-state index contributed by atoms with van der Waals surface area (Å²) in [7, 11) is 0. The predicted octanol–water partition coefficient (Wildman–Crippen LogP) is 5.44. The van der Waals surface area contributed by atoms with Gasteiger partial charge in [0.1, 0.15) is 0 Å². The Morgan fingerprint density at radius 2 is 1.89 bits per heavy atom. The number of allylic oxidation sites excluding steroid dienone is 1. The summed E-state index contributed by atoms with van der Waals surface area (Å²) in [5, 5.41) is 9.11. The van der Waals surface area contributed by atoms with Crippen LogP contribution in [-0.2, 0) is 5.41 Å². The molecule has 6 nitrogen and oxygen atoms in total. The first-order chi connectivity index (χ1) is 17.1. The first kappa shape index (κ1) is 22.0. The van der Waals surface area contributed by atoms with Crippen LogP contribution in [0.5, 0.6) is 11.5 Å². The number of carbonyl (C=O) groups excluding carboxylic acids is 1. The fraction of sp³-hybridized carbons (Fsp3) is 0.345. The molecule has 0 amide bonds. The quantitative estimate of drug-likeness (QED) is 0.465. The number of benzene rings is 2. The van der Waals surface area contributed by atoms with Crippen LogP contribution in [0.15, 0.2) is 48.8 Å². The van der Waals surface area contributed by atoms with Crippen LogP contribution < -0.4 is 9.47 Å². The number of hydrogen-bond donors (Lipinski definition) is 1. The number of ketones is 1. The van der Waals surface area contributed by atoms with Crippen molar-refractivity contribution >= 4 is 17.4 Å². The van der Waals surface area contributed by atoms with Crippen LogP contribution in [-0.4, -0.2) is 34.3 Å². The standard InChI is InChI=1S/C29H28N2O4/c1-18(3-2-10-32)28(33)20-4-6-24-23(11-20)21(14-29(24)8-9-29)13-27-30-15-22(16-31-27)19-5-7-25-26(12-19)35-17-34-25/h4-7,11-13,15-16,18,32H,2-3,8-10,14,17H2,1H3/b21-13+. The van der Waals surface area contributed by atoms with E-state index in [0.717, 1.165) is 40.2 Å². The Morgan fingerprint density at radius 3 is 2.66 bits per heavy atom. The van der Waals surface area contributed by atoms with Gasteiger partial charge in [-0.15, -0.1) is 0 Å². The largest absolute Gasteiger partial charge is 0.454 e. The lowest BCUT2D eigenvalue weighted by atomic mass is 9.91. The summed E-state index contributed by atoms with van der Waals surface area (Å²) in [5.41, 5.74) is 6.57. The third kappa shape index (κ3) is 4.02. The Labute approximate surface area is 204 Å². The number of ether oxygens (including phenoxy) is 2. The third-order valence-corrected chi connectivity index (χ3v) is 7.53. The maximum Gasteiger partial charge on any atom is 0.231 e. The van der Waals surface area contributed by atoms with E-state index in [-0.39, 0.29) is 30.5 Å². The Bertz CT molecular complexity index is 1330. The molecule has 35 heavy (non-hydrogen) atoms. The highest BCUT2D eigenvalue weighted by molar-refractivity contribution is 5.99. The van der Waals surface area contributed by atoms with Crippen LogP contribution in [0.25, 0.3) is 22.8 Å². The molecule has 3 aliphatic rings. The lowest BCUT2D eigenvalue weighted by Crippen LogP contribution is -2.12. The second kappa shape index (κ2) is 8.61. The number of hydrogen-bond acceptors (Lipinski definition) is 6. The van der Waals surface area contributed by atoms with Crippen molar-refractivity contribution < 1.29 is 19.4 Å². The first-order valence-corrected chi connectivity index (χ1v) is 12.3. The van der Waals surface area contributed by atoms with E-state index in [0.29, 0.717) is 18.7 Å². The average molecular weight is 469 g/mol. The zero-order valence-corrected chi connectivity index (χ0v) is 19.8. The molecule has 1 fully saturated rings. The maximum absolute atomic E-state index is 13.0. The molecule has 6 heteroatoms. The van der Waals surface area contributed by atoms with Crippen molar-refractivity contribution in [1.82, 2.24) is 9.97 Å². The van der Waals surface area contributed by atoms with E-state index < -0.39 is 0 Å². The van der Waals surface area contributed by atoms with Crippen LogP contribution >= 0.6 is 0 Å². The monoisotopic (exact) mass is 468 g/mol. The van der Waals surface area contributed by atoms with Gasteiger partial charge in [0.05, 0.1) is 0 Å². The molecule has 1 unspecified atom stereocenters. The van der Waals surface area contributed by atoms with Crippen LogP contribution in [0.2, 0.25) is 0 Å². The molecule has 1 atom stereocenters. The molecule has 2 aliphatic carbocycles. The Hall–Kier alpha value is -3.51. The van der Waals surface area contributed by atoms with Crippen LogP contribution in [0.3, 0.4) is 0 Å². The van der Waals surface area contributed by atoms with Gasteiger partial charge in [-0.1, -0.05) is 25.1 Å². The predicted molar refractivity (Wildman–Crippen MR) is 133 cm³/mol. The summed E-state index contributed by atoms with van der Waals surface area (Å²) in [6, 6.07) is 12.0. The van der Waals surface area contributed by atoms with Gasteiger partial charge in [0.2, 0.25) is 6.79 Å². The number of aliphatic hydroxyl groups is 1. The van der Waals surface area contributed by atoms with Crippen molar-refractivity contribution in [2.75, 3.05) is 13.4 Å². The molecule has 0 saturated heterocycles. The lowest BCUT2D eigenvalue weighted by Gasteiger charge is -2.12. The van der Waals surface area contributed by atoms with E-state index in [1.165, 1.54) is 24.0 Å². The lowest BCUT2D eigenvalue weighted by molar-refractivity contribution is 0.0919. The number of aliphatic hydroxyl groups excluding tert-OH is 1. The van der Waals surface area contributed by atoms with E-state index in [1.807, 2.05) is 43.6 Å². The fourth-order valence-corrected chi connectivity index (χ4v) is 5.31. The minimum atomic E-state index is -0.101. The molecule has 3 aromatic rings. The summed E-state index contributed by atoms with van der Waals surface area (Å²) >= 11 is 0.